The van der Waals surface area contributed by atoms with Crippen LogP contribution >= 0.6 is 11.8 Å². The van der Waals surface area contributed by atoms with Gasteiger partial charge in [0, 0.05) is 17.0 Å². The molecule has 1 aromatic carbocycles. The van der Waals surface area contributed by atoms with Crippen LogP contribution in [0, 0.1) is 0 Å². The Morgan fingerprint density at radius 2 is 2.28 bits per heavy atom. The molecule has 1 fully saturated rings. The van der Waals surface area contributed by atoms with Gasteiger partial charge in [-0.15, -0.1) is 0 Å². The average Bonchev–Trinajstić information content (AvgIpc) is 2.80. The minimum Gasteiger partial charge on any atom is -0.508 e. The van der Waals surface area contributed by atoms with Crippen LogP contribution in [0.4, 0.5) is 5.69 Å². The van der Waals surface area contributed by atoms with Crippen LogP contribution in [-0.4, -0.2) is 28.6 Å². The first-order chi connectivity index (χ1) is 8.60. The summed E-state index contributed by atoms with van der Waals surface area (Å²) in [4.78, 5) is 12.1. The fourth-order valence-corrected chi connectivity index (χ4v) is 3.09. The Bertz CT molecular complexity index is 451. The summed E-state index contributed by atoms with van der Waals surface area (Å²) in [7, 11) is 0. The van der Waals surface area contributed by atoms with E-state index in [9.17, 15) is 9.90 Å². The van der Waals surface area contributed by atoms with Crippen LogP contribution in [0.5, 0.6) is 5.75 Å². The smallest absolute Gasteiger partial charge is 0.253 e. The second kappa shape index (κ2) is 5.52. The number of nitrogen functional groups attached to an aromatic ring is 1. The van der Waals surface area contributed by atoms with Crippen molar-refractivity contribution in [1.29, 1.82) is 0 Å². The molecule has 2 rings (SSSR count). The summed E-state index contributed by atoms with van der Waals surface area (Å²) in [6.07, 6.45) is 5.26. The summed E-state index contributed by atoms with van der Waals surface area (Å²) in [5, 5.41) is 13.0. The number of rotatable bonds is 3. The van der Waals surface area contributed by atoms with Crippen LogP contribution in [0.3, 0.4) is 0 Å². The number of nitrogens with one attached hydrogen (secondary N) is 1. The molecule has 1 aliphatic carbocycles. The largest absolute Gasteiger partial charge is 0.508 e. The van der Waals surface area contributed by atoms with Gasteiger partial charge in [0.25, 0.3) is 5.91 Å². The molecule has 1 amide bonds. The zero-order chi connectivity index (χ0) is 13.1. The molecular weight excluding hydrogens is 248 g/mol. The van der Waals surface area contributed by atoms with Crippen LogP contribution in [0.15, 0.2) is 18.2 Å². The number of hydrogen-bond acceptors (Lipinski definition) is 4. The third-order valence-corrected chi connectivity index (χ3v) is 4.43. The van der Waals surface area contributed by atoms with E-state index in [1.807, 2.05) is 11.8 Å². The topological polar surface area (TPSA) is 75.3 Å². The normalized spacial score (nSPS) is 22.9. The van der Waals surface area contributed by atoms with Crippen molar-refractivity contribution in [3.8, 4) is 5.75 Å². The van der Waals surface area contributed by atoms with Gasteiger partial charge in [-0.2, -0.15) is 11.8 Å². The number of benzene rings is 1. The Morgan fingerprint density at radius 1 is 1.50 bits per heavy atom. The molecule has 1 saturated carbocycles. The standard InChI is InChI=1S/C13H18N2O2S/c1-18-10-4-2-8(6-10)15-13(17)11-7-9(16)3-5-12(11)14/h3,5,7-8,10,16H,2,4,6,14H2,1H3,(H,15,17). The summed E-state index contributed by atoms with van der Waals surface area (Å²) in [6.45, 7) is 0. The van der Waals surface area contributed by atoms with E-state index in [-0.39, 0.29) is 17.7 Å². The number of phenolic OH excluding ortho intramolecular Hbond substituents is 1. The maximum atomic E-state index is 12.1. The predicted octanol–water partition coefficient (Wildman–Crippen LogP) is 1.99. The van der Waals surface area contributed by atoms with E-state index in [4.69, 9.17) is 5.73 Å². The Hall–Kier alpha value is -1.36. The lowest BCUT2D eigenvalue weighted by Gasteiger charge is -2.14. The van der Waals surface area contributed by atoms with Gasteiger partial charge in [-0.3, -0.25) is 4.79 Å². The molecule has 0 saturated heterocycles. The first kappa shape index (κ1) is 13.1. The third-order valence-electron chi connectivity index (χ3n) is 3.33. The van der Waals surface area contributed by atoms with E-state index >= 15 is 0 Å². The molecule has 0 aliphatic heterocycles. The van der Waals surface area contributed by atoms with Gasteiger partial charge in [-0.25, -0.2) is 0 Å². The maximum Gasteiger partial charge on any atom is 0.253 e. The highest BCUT2D eigenvalue weighted by atomic mass is 32.2. The number of phenols is 1. The molecule has 2 atom stereocenters. The van der Waals surface area contributed by atoms with Crippen molar-refractivity contribution in [3.05, 3.63) is 23.8 Å². The number of nitrogens with two attached hydrogens (primary N) is 1. The number of carbonyl (C=O) groups is 1. The second-order valence-electron chi connectivity index (χ2n) is 4.61. The van der Waals surface area contributed by atoms with Crippen molar-refractivity contribution in [2.45, 2.75) is 30.6 Å². The van der Waals surface area contributed by atoms with Gasteiger partial charge in [0.05, 0.1) is 5.56 Å². The number of amides is 1. The van der Waals surface area contributed by atoms with Crippen molar-refractivity contribution >= 4 is 23.4 Å². The molecule has 1 aliphatic rings. The number of thioether (sulfide) groups is 1. The van der Waals surface area contributed by atoms with Gasteiger partial charge in [-0.05, 0) is 43.7 Å². The van der Waals surface area contributed by atoms with Gasteiger partial charge < -0.3 is 16.2 Å². The molecule has 0 radical (unpaired) electrons. The van der Waals surface area contributed by atoms with Crippen molar-refractivity contribution in [2.24, 2.45) is 0 Å². The van der Waals surface area contributed by atoms with Crippen molar-refractivity contribution in [2.75, 3.05) is 12.0 Å². The molecule has 0 heterocycles. The Morgan fingerprint density at radius 3 is 2.94 bits per heavy atom. The predicted molar refractivity (Wildman–Crippen MR) is 74.9 cm³/mol. The summed E-state index contributed by atoms with van der Waals surface area (Å²) >= 11 is 1.85. The molecule has 5 heteroatoms. The van der Waals surface area contributed by atoms with Crippen LogP contribution in [0.2, 0.25) is 0 Å². The molecular formula is C13H18N2O2S. The lowest BCUT2D eigenvalue weighted by molar-refractivity contribution is 0.0938. The van der Waals surface area contributed by atoms with Crippen molar-refractivity contribution in [1.82, 2.24) is 5.32 Å². The van der Waals surface area contributed by atoms with E-state index in [2.05, 4.69) is 11.6 Å². The zero-order valence-corrected chi connectivity index (χ0v) is 11.2. The van der Waals surface area contributed by atoms with Crippen LogP contribution < -0.4 is 11.1 Å². The number of hydrogen-bond donors (Lipinski definition) is 3. The minimum absolute atomic E-state index is 0.0581. The fourth-order valence-electron chi connectivity index (χ4n) is 2.29. The summed E-state index contributed by atoms with van der Waals surface area (Å²) in [5.74, 6) is -0.141. The quantitative estimate of drug-likeness (QED) is 0.577. The van der Waals surface area contributed by atoms with Crippen LogP contribution in [0.1, 0.15) is 29.6 Å². The molecule has 4 nitrogen and oxygen atoms in total. The van der Waals surface area contributed by atoms with E-state index in [1.54, 1.807) is 6.07 Å². The molecule has 0 spiro atoms. The van der Waals surface area contributed by atoms with Crippen molar-refractivity contribution in [3.63, 3.8) is 0 Å². The lowest BCUT2D eigenvalue weighted by Crippen LogP contribution is -2.33. The maximum absolute atomic E-state index is 12.1. The first-order valence-corrected chi connectivity index (χ1v) is 7.31. The molecule has 98 valence electrons. The van der Waals surface area contributed by atoms with Gasteiger partial charge in [0.15, 0.2) is 0 Å². The number of carbonyl (C=O) groups excluding carboxylic acids is 1. The highest BCUT2D eigenvalue weighted by Crippen LogP contribution is 2.28. The monoisotopic (exact) mass is 266 g/mol. The lowest BCUT2D eigenvalue weighted by atomic mass is 10.1. The Balaban J connectivity index is 2.02. The summed E-state index contributed by atoms with van der Waals surface area (Å²) < 4.78 is 0. The fraction of sp³-hybridized carbons (Fsp3) is 0.462. The Kier molecular flexibility index (Phi) is 4.01. The summed E-state index contributed by atoms with van der Waals surface area (Å²) in [6, 6.07) is 4.65. The van der Waals surface area contributed by atoms with Crippen molar-refractivity contribution < 1.29 is 9.90 Å². The number of aromatic hydroxyl groups is 1. The second-order valence-corrected chi connectivity index (χ2v) is 5.75. The van der Waals surface area contributed by atoms with Crippen LogP contribution in [-0.2, 0) is 0 Å². The van der Waals surface area contributed by atoms with Gasteiger partial charge in [0.1, 0.15) is 5.75 Å². The average molecular weight is 266 g/mol. The molecule has 4 N–H and O–H groups in total. The van der Waals surface area contributed by atoms with Gasteiger partial charge >= 0.3 is 0 Å². The molecule has 0 bridgehead atoms. The van der Waals surface area contributed by atoms with E-state index in [0.717, 1.165) is 19.3 Å². The van der Waals surface area contributed by atoms with Gasteiger partial charge in [-0.1, -0.05) is 0 Å². The van der Waals surface area contributed by atoms with Crippen LogP contribution in [0.25, 0.3) is 0 Å². The third kappa shape index (κ3) is 2.90. The minimum atomic E-state index is -0.199. The zero-order valence-electron chi connectivity index (χ0n) is 10.3. The Labute approximate surface area is 111 Å². The number of anilines is 1. The van der Waals surface area contributed by atoms with E-state index < -0.39 is 0 Å². The highest BCUT2D eigenvalue weighted by molar-refractivity contribution is 7.99. The molecule has 2 unspecified atom stereocenters. The first-order valence-electron chi connectivity index (χ1n) is 6.02. The molecule has 0 aromatic heterocycles. The summed E-state index contributed by atoms with van der Waals surface area (Å²) in [5.41, 5.74) is 6.48. The van der Waals surface area contributed by atoms with Gasteiger partial charge in [0.2, 0.25) is 0 Å². The van der Waals surface area contributed by atoms with E-state index in [0.29, 0.717) is 16.5 Å². The van der Waals surface area contributed by atoms with E-state index in [1.165, 1.54) is 12.1 Å². The SMILES string of the molecule is CSC1CCC(NC(=O)c2cc(O)ccc2N)C1. The highest BCUT2D eigenvalue weighted by Gasteiger charge is 2.25. The molecule has 1 aromatic rings. The molecule has 18 heavy (non-hydrogen) atoms.